The summed E-state index contributed by atoms with van der Waals surface area (Å²) >= 11 is 19.0. The molecule has 0 aliphatic carbocycles. The van der Waals surface area contributed by atoms with Crippen LogP contribution in [-0.4, -0.2) is 26.4 Å². The van der Waals surface area contributed by atoms with Gasteiger partial charge in [-0.25, -0.2) is 4.39 Å². The molecule has 3 aromatic rings. The molecule has 31 heavy (non-hydrogen) atoms. The van der Waals surface area contributed by atoms with E-state index in [1.165, 1.54) is 30.0 Å². The van der Waals surface area contributed by atoms with Crippen LogP contribution >= 0.6 is 46.6 Å². The van der Waals surface area contributed by atoms with E-state index in [-0.39, 0.29) is 23.3 Å². The Balaban J connectivity index is 1.64. The third-order valence-electron chi connectivity index (χ3n) is 3.89. The maximum absolute atomic E-state index is 13.2. The van der Waals surface area contributed by atoms with E-state index in [1.54, 1.807) is 28.8 Å². The lowest BCUT2D eigenvalue weighted by atomic mass is 10.3. The van der Waals surface area contributed by atoms with Gasteiger partial charge in [0.15, 0.2) is 11.0 Å². The van der Waals surface area contributed by atoms with E-state index in [0.29, 0.717) is 39.0 Å². The van der Waals surface area contributed by atoms with Crippen molar-refractivity contribution in [1.29, 1.82) is 0 Å². The molecule has 0 aliphatic heterocycles. The molecule has 0 bridgehead atoms. The van der Waals surface area contributed by atoms with Gasteiger partial charge < -0.3 is 10.1 Å². The molecule has 0 spiro atoms. The number of rotatable bonds is 9. The summed E-state index contributed by atoms with van der Waals surface area (Å²) in [7, 11) is 0. The van der Waals surface area contributed by atoms with Gasteiger partial charge in [-0.2, -0.15) is 0 Å². The molecule has 162 valence electrons. The van der Waals surface area contributed by atoms with Crippen LogP contribution in [0, 0.1) is 5.82 Å². The molecule has 11 heteroatoms. The van der Waals surface area contributed by atoms with E-state index in [1.807, 2.05) is 0 Å². The fourth-order valence-electron chi connectivity index (χ4n) is 2.48. The fourth-order valence-corrected chi connectivity index (χ4v) is 3.76. The molecule has 1 N–H and O–H groups in total. The quantitative estimate of drug-likeness (QED) is 0.293. The van der Waals surface area contributed by atoms with Gasteiger partial charge in [0, 0.05) is 23.3 Å². The summed E-state index contributed by atoms with van der Waals surface area (Å²) in [5.74, 6) is 0.161. The van der Waals surface area contributed by atoms with Crippen LogP contribution in [0.15, 0.2) is 54.2 Å². The molecule has 0 fully saturated rings. The lowest BCUT2D eigenvalue weighted by Crippen LogP contribution is -2.15. The molecule has 0 saturated carbocycles. The number of hydrogen-bond acceptors (Lipinski definition) is 5. The second-order valence-corrected chi connectivity index (χ2v) is 8.32. The zero-order valence-electron chi connectivity index (χ0n) is 15.9. The van der Waals surface area contributed by atoms with Gasteiger partial charge in [0.1, 0.15) is 18.2 Å². The Kier molecular flexibility index (Phi) is 8.20. The average Bonchev–Trinajstić information content (AvgIpc) is 3.12. The van der Waals surface area contributed by atoms with E-state index >= 15 is 0 Å². The Morgan fingerprint density at radius 1 is 1.19 bits per heavy atom. The summed E-state index contributed by atoms with van der Waals surface area (Å²) in [5.41, 5.74) is 0.400. The smallest absolute Gasteiger partial charge is 0.234 e. The largest absolute Gasteiger partial charge is 0.484 e. The van der Waals surface area contributed by atoms with Crippen molar-refractivity contribution in [3.63, 3.8) is 0 Å². The number of nitrogens with zero attached hydrogens (tertiary/aromatic N) is 3. The number of benzene rings is 2. The molecule has 1 amide bonds. The Bertz CT molecular complexity index is 1110. The van der Waals surface area contributed by atoms with Gasteiger partial charge in [0.25, 0.3) is 0 Å². The molecule has 1 aromatic heterocycles. The lowest BCUT2D eigenvalue weighted by Gasteiger charge is -2.10. The van der Waals surface area contributed by atoms with Crippen molar-refractivity contribution in [3.05, 3.63) is 75.8 Å². The van der Waals surface area contributed by atoms with Gasteiger partial charge in [0.2, 0.25) is 5.91 Å². The highest BCUT2D eigenvalue weighted by Crippen LogP contribution is 2.28. The molecule has 0 saturated heterocycles. The monoisotopic (exact) mass is 500 g/mol. The normalized spacial score (nSPS) is 10.7. The molecular weight excluding hydrogens is 486 g/mol. The molecule has 0 atom stereocenters. The van der Waals surface area contributed by atoms with Gasteiger partial charge in [-0.15, -0.1) is 16.8 Å². The number of allylic oxidation sites excluding steroid dienone is 1. The van der Waals surface area contributed by atoms with Crippen molar-refractivity contribution in [2.45, 2.75) is 18.3 Å². The van der Waals surface area contributed by atoms with E-state index in [4.69, 9.17) is 39.5 Å². The van der Waals surface area contributed by atoms with Crippen LogP contribution in [0.25, 0.3) is 0 Å². The van der Waals surface area contributed by atoms with Gasteiger partial charge >= 0.3 is 0 Å². The van der Waals surface area contributed by atoms with Crippen LogP contribution in [0.3, 0.4) is 0 Å². The number of anilines is 1. The molecule has 2 aromatic carbocycles. The van der Waals surface area contributed by atoms with Crippen LogP contribution in [0.4, 0.5) is 10.1 Å². The summed E-state index contributed by atoms with van der Waals surface area (Å²) in [4.78, 5) is 12.2. The number of carbonyl (C=O) groups is 1. The highest BCUT2D eigenvalue weighted by Gasteiger charge is 2.15. The summed E-state index contributed by atoms with van der Waals surface area (Å²) in [6, 6.07) is 8.87. The first kappa shape index (κ1) is 23.4. The molecule has 3 rings (SSSR count). The van der Waals surface area contributed by atoms with Gasteiger partial charge in [-0.05, 0) is 30.3 Å². The van der Waals surface area contributed by atoms with Crippen LogP contribution in [0.1, 0.15) is 5.82 Å². The van der Waals surface area contributed by atoms with Crippen molar-refractivity contribution in [3.8, 4) is 5.75 Å². The fraction of sp³-hybridized carbons (Fsp3) is 0.150. The van der Waals surface area contributed by atoms with Gasteiger partial charge in [-0.1, -0.05) is 52.6 Å². The van der Waals surface area contributed by atoms with Crippen LogP contribution in [-0.2, 0) is 17.9 Å². The van der Waals surface area contributed by atoms with Crippen molar-refractivity contribution in [2.24, 2.45) is 0 Å². The minimum absolute atomic E-state index is 0.0608. The van der Waals surface area contributed by atoms with Crippen molar-refractivity contribution in [2.75, 3.05) is 11.1 Å². The van der Waals surface area contributed by atoms with Crippen LogP contribution in [0.2, 0.25) is 15.1 Å². The summed E-state index contributed by atoms with van der Waals surface area (Å²) in [6.45, 7) is 4.26. The van der Waals surface area contributed by atoms with E-state index in [0.717, 1.165) is 0 Å². The number of aromatic nitrogens is 3. The molecule has 0 aliphatic rings. The summed E-state index contributed by atoms with van der Waals surface area (Å²) < 4.78 is 20.7. The van der Waals surface area contributed by atoms with E-state index in [9.17, 15) is 9.18 Å². The summed E-state index contributed by atoms with van der Waals surface area (Å²) in [5, 5.41) is 12.3. The number of carbonyl (C=O) groups excluding carboxylic acids is 1. The molecule has 0 unspecified atom stereocenters. The predicted octanol–water partition coefficient (Wildman–Crippen LogP) is 5.87. The Labute approximate surface area is 197 Å². The zero-order valence-corrected chi connectivity index (χ0v) is 19.0. The SMILES string of the molecule is C=CCn1c(COc2cc(Cl)ccc2Cl)nnc1SCC(=O)Nc1ccc(F)c(Cl)c1. The maximum atomic E-state index is 13.2. The van der Waals surface area contributed by atoms with Crippen LogP contribution in [0.5, 0.6) is 5.75 Å². The standard InChI is InChI=1S/C20H16Cl3FN4O2S/c1-2-7-28-18(10-30-17-8-12(21)3-5-14(17)22)26-27-20(28)31-11-19(29)25-13-4-6-16(24)15(23)9-13/h2-6,8-9H,1,7,10-11H2,(H,25,29). The number of halogens is 4. The molecule has 0 radical (unpaired) electrons. The Hall–Kier alpha value is -2.26. The van der Waals surface area contributed by atoms with Crippen LogP contribution < -0.4 is 10.1 Å². The average molecular weight is 502 g/mol. The highest BCUT2D eigenvalue weighted by molar-refractivity contribution is 7.99. The first-order chi connectivity index (χ1) is 14.9. The van der Waals surface area contributed by atoms with Crippen molar-refractivity contribution >= 4 is 58.2 Å². The second-order valence-electron chi connectivity index (χ2n) is 6.13. The third-order valence-corrected chi connectivity index (χ3v) is 5.69. The molecule has 1 heterocycles. The first-order valence-corrected chi connectivity index (χ1v) is 11.0. The van der Waals surface area contributed by atoms with Gasteiger partial charge in [0.05, 0.1) is 15.8 Å². The molecule has 6 nitrogen and oxygen atoms in total. The van der Waals surface area contributed by atoms with E-state index in [2.05, 4.69) is 22.1 Å². The van der Waals surface area contributed by atoms with Crippen molar-refractivity contribution in [1.82, 2.24) is 14.8 Å². The number of hydrogen-bond donors (Lipinski definition) is 1. The second kappa shape index (κ2) is 10.9. The third kappa shape index (κ3) is 6.36. The first-order valence-electron chi connectivity index (χ1n) is 8.86. The minimum atomic E-state index is -0.555. The van der Waals surface area contributed by atoms with Crippen molar-refractivity contribution < 1.29 is 13.9 Å². The number of nitrogens with one attached hydrogen (secondary N) is 1. The topological polar surface area (TPSA) is 69.0 Å². The minimum Gasteiger partial charge on any atom is -0.484 e. The highest BCUT2D eigenvalue weighted by atomic mass is 35.5. The number of thioether (sulfide) groups is 1. The molecular formula is C20H16Cl3FN4O2S. The zero-order chi connectivity index (χ0) is 22.4. The lowest BCUT2D eigenvalue weighted by molar-refractivity contribution is -0.113. The maximum Gasteiger partial charge on any atom is 0.234 e. The Morgan fingerprint density at radius 2 is 2.00 bits per heavy atom. The van der Waals surface area contributed by atoms with Gasteiger partial charge in [-0.3, -0.25) is 9.36 Å². The predicted molar refractivity (Wildman–Crippen MR) is 122 cm³/mol. The Morgan fingerprint density at radius 3 is 2.74 bits per heavy atom. The van der Waals surface area contributed by atoms with E-state index < -0.39 is 5.82 Å². The number of amides is 1. The summed E-state index contributed by atoms with van der Waals surface area (Å²) in [6.07, 6.45) is 1.68. The number of ether oxygens (including phenoxy) is 1.